The third-order valence-electron chi connectivity index (χ3n) is 2.89. The molecule has 0 aliphatic heterocycles. The maximum absolute atomic E-state index is 12.0. The largest absolute Gasteiger partial charge is 0.385 e. The Morgan fingerprint density at radius 3 is 2.32 bits per heavy atom. The van der Waals surface area contributed by atoms with Gasteiger partial charge in [-0.3, -0.25) is 0 Å². The molecule has 0 aliphatic carbocycles. The molecule has 0 saturated carbocycles. The van der Waals surface area contributed by atoms with Crippen LogP contribution in [0.3, 0.4) is 0 Å². The van der Waals surface area contributed by atoms with Gasteiger partial charge in [-0.1, -0.05) is 24.3 Å². The molecular formula is C13H22N2O3S. The van der Waals surface area contributed by atoms with Gasteiger partial charge in [-0.05, 0) is 17.5 Å². The van der Waals surface area contributed by atoms with Crippen LogP contribution in [0.4, 0.5) is 0 Å². The molecule has 0 aliphatic rings. The molecule has 0 aromatic heterocycles. The van der Waals surface area contributed by atoms with Gasteiger partial charge >= 0.3 is 0 Å². The van der Waals surface area contributed by atoms with Crippen molar-refractivity contribution in [3.63, 3.8) is 0 Å². The van der Waals surface area contributed by atoms with E-state index in [2.05, 4.69) is 0 Å². The topological polar surface area (TPSA) is 72.6 Å². The highest BCUT2D eigenvalue weighted by Gasteiger charge is 2.17. The fraction of sp³-hybridized carbons (Fsp3) is 0.538. The minimum atomic E-state index is -3.22. The molecule has 0 radical (unpaired) electrons. The number of sulfonamides is 1. The summed E-state index contributed by atoms with van der Waals surface area (Å²) in [5, 5.41) is 0. The fourth-order valence-corrected chi connectivity index (χ4v) is 2.82. The van der Waals surface area contributed by atoms with E-state index >= 15 is 0 Å². The Morgan fingerprint density at radius 1 is 1.21 bits per heavy atom. The molecule has 6 heteroatoms. The Bertz CT molecular complexity index is 471. The highest BCUT2D eigenvalue weighted by Crippen LogP contribution is 2.10. The van der Waals surface area contributed by atoms with Crippen LogP contribution in [-0.4, -0.2) is 39.2 Å². The van der Waals surface area contributed by atoms with Gasteiger partial charge in [0.1, 0.15) is 0 Å². The third kappa shape index (κ3) is 5.28. The van der Waals surface area contributed by atoms with Crippen molar-refractivity contribution in [3.05, 3.63) is 35.4 Å². The Balaban J connectivity index is 2.59. The van der Waals surface area contributed by atoms with Gasteiger partial charge in [0.2, 0.25) is 10.0 Å². The van der Waals surface area contributed by atoms with Crippen LogP contribution < -0.4 is 5.73 Å². The van der Waals surface area contributed by atoms with Crippen molar-refractivity contribution in [3.8, 4) is 0 Å². The van der Waals surface area contributed by atoms with Gasteiger partial charge in [-0.25, -0.2) is 12.7 Å². The standard InChI is InChI=1S/C13H22N2O3S/c1-15(19(16,17)9-3-8-18-2)11-13-6-4-12(10-14)5-7-13/h4-7H,3,8-11,14H2,1-2H3. The molecule has 0 heterocycles. The Morgan fingerprint density at radius 2 is 1.79 bits per heavy atom. The lowest BCUT2D eigenvalue weighted by Gasteiger charge is -2.17. The van der Waals surface area contributed by atoms with E-state index in [1.165, 1.54) is 4.31 Å². The first kappa shape index (κ1) is 16.1. The summed E-state index contributed by atoms with van der Waals surface area (Å²) < 4.78 is 30.2. The van der Waals surface area contributed by atoms with Crippen LogP contribution in [0.2, 0.25) is 0 Å². The minimum Gasteiger partial charge on any atom is -0.385 e. The first-order chi connectivity index (χ1) is 8.99. The molecule has 19 heavy (non-hydrogen) atoms. The summed E-state index contributed by atoms with van der Waals surface area (Å²) in [6.45, 7) is 1.32. The number of hydrogen-bond acceptors (Lipinski definition) is 4. The molecule has 0 bridgehead atoms. The molecule has 0 atom stereocenters. The summed E-state index contributed by atoms with van der Waals surface area (Å²) in [5.74, 6) is 0.109. The quantitative estimate of drug-likeness (QED) is 0.722. The van der Waals surface area contributed by atoms with Gasteiger partial charge in [-0.2, -0.15) is 0 Å². The molecule has 0 spiro atoms. The maximum Gasteiger partial charge on any atom is 0.214 e. The zero-order chi connectivity index (χ0) is 14.3. The predicted octanol–water partition coefficient (Wildman–Crippen LogP) is 0.943. The van der Waals surface area contributed by atoms with E-state index in [9.17, 15) is 8.42 Å². The van der Waals surface area contributed by atoms with Crippen molar-refractivity contribution >= 4 is 10.0 Å². The van der Waals surface area contributed by atoms with Crippen molar-refractivity contribution < 1.29 is 13.2 Å². The lowest BCUT2D eigenvalue weighted by molar-refractivity contribution is 0.199. The maximum atomic E-state index is 12.0. The number of benzene rings is 1. The highest BCUT2D eigenvalue weighted by atomic mass is 32.2. The second-order valence-electron chi connectivity index (χ2n) is 4.44. The van der Waals surface area contributed by atoms with E-state index in [0.717, 1.165) is 11.1 Å². The Kier molecular flexibility index (Phi) is 6.44. The minimum absolute atomic E-state index is 0.109. The van der Waals surface area contributed by atoms with Crippen LogP contribution >= 0.6 is 0 Å². The molecule has 108 valence electrons. The molecule has 5 nitrogen and oxygen atoms in total. The summed E-state index contributed by atoms with van der Waals surface area (Å²) >= 11 is 0. The molecule has 1 aromatic rings. The lowest BCUT2D eigenvalue weighted by Crippen LogP contribution is -2.29. The van der Waals surface area contributed by atoms with Crippen LogP contribution in [0, 0.1) is 0 Å². The molecule has 1 aromatic carbocycles. The number of methoxy groups -OCH3 is 1. The van der Waals surface area contributed by atoms with E-state index in [-0.39, 0.29) is 5.75 Å². The number of hydrogen-bond donors (Lipinski definition) is 1. The monoisotopic (exact) mass is 286 g/mol. The van der Waals surface area contributed by atoms with E-state index in [0.29, 0.717) is 26.1 Å². The van der Waals surface area contributed by atoms with Gasteiger partial charge in [-0.15, -0.1) is 0 Å². The third-order valence-corrected chi connectivity index (χ3v) is 4.77. The number of ether oxygens (including phenoxy) is 1. The SMILES string of the molecule is COCCCS(=O)(=O)N(C)Cc1ccc(CN)cc1. The molecule has 2 N–H and O–H groups in total. The molecule has 1 rings (SSSR count). The van der Waals surface area contributed by atoms with Gasteiger partial charge < -0.3 is 10.5 Å². The Labute approximate surface area is 115 Å². The van der Waals surface area contributed by atoms with Crippen LogP contribution in [0.1, 0.15) is 17.5 Å². The summed E-state index contributed by atoms with van der Waals surface area (Å²) in [5.41, 5.74) is 7.51. The van der Waals surface area contributed by atoms with Crippen molar-refractivity contribution in [2.24, 2.45) is 5.73 Å². The zero-order valence-electron chi connectivity index (χ0n) is 11.5. The number of nitrogens with zero attached hydrogens (tertiary/aromatic N) is 1. The van der Waals surface area contributed by atoms with E-state index in [1.54, 1.807) is 14.2 Å². The van der Waals surface area contributed by atoms with E-state index < -0.39 is 10.0 Å². The van der Waals surface area contributed by atoms with Gasteiger partial charge in [0, 0.05) is 33.9 Å². The smallest absolute Gasteiger partial charge is 0.214 e. The molecule has 0 fully saturated rings. The highest BCUT2D eigenvalue weighted by molar-refractivity contribution is 7.89. The van der Waals surface area contributed by atoms with Crippen molar-refractivity contribution in [1.29, 1.82) is 0 Å². The van der Waals surface area contributed by atoms with Crippen LogP contribution in [0.15, 0.2) is 24.3 Å². The lowest BCUT2D eigenvalue weighted by atomic mass is 10.1. The molecule has 0 saturated heterocycles. The number of rotatable bonds is 8. The van der Waals surface area contributed by atoms with Crippen LogP contribution in [0.5, 0.6) is 0 Å². The summed E-state index contributed by atoms with van der Waals surface area (Å²) in [4.78, 5) is 0. The summed E-state index contributed by atoms with van der Waals surface area (Å²) in [6.07, 6.45) is 0.509. The van der Waals surface area contributed by atoms with Crippen molar-refractivity contribution in [2.75, 3.05) is 26.5 Å². The first-order valence-corrected chi connectivity index (χ1v) is 7.81. The summed E-state index contributed by atoms with van der Waals surface area (Å²) in [6, 6.07) is 7.65. The molecular weight excluding hydrogens is 264 g/mol. The van der Waals surface area contributed by atoms with Crippen molar-refractivity contribution in [2.45, 2.75) is 19.5 Å². The molecule has 0 unspecified atom stereocenters. The van der Waals surface area contributed by atoms with Crippen molar-refractivity contribution in [1.82, 2.24) is 4.31 Å². The van der Waals surface area contributed by atoms with Crippen LogP contribution in [0.25, 0.3) is 0 Å². The Hall–Kier alpha value is -0.950. The zero-order valence-corrected chi connectivity index (χ0v) is 12.3. The average molecular weight is 286 g/mol. The van der Waals surface area contributed by atoms with Gasteiger partial charge in [0.05, 0.1) is 5.75 Å². The second-order valence-corrected chi connectivity index (χ2v) is 6.63. The second kappa shape index (κ2) is 7.59. The van der Waals surface area contributed by atoms with E-state index in [1.807, 2.05) is 24.3 Å². The summed E-state index contributed by atoms with van der Waals surface area (Å²) in [7, 11) is -0.0567. The van der Waals surface area contributed by atoms with E-state index in [4.69, 9.17) is 10.5 Å². The average Bonchev–Trinajstić information content (AvgIpc) is 2.39. The first-order valence-electron chi connectivity index (χ1n) is 6.20. The normalized spacial score (nSPS) is 12.0. The predicted molar refractivity (Wildman–Crippen MR) is 76.1 cm³/mol. The van der Waals surface area contributed by atoms with Gasteiger partial charge in [0.15, 0.2) is 0 Å². The van der Waals surface area contributed by atoms with Crippen LogP contribution in [-0.2, 0) is 27.8 Å². The number of nitrogens with two attached hydrogens (primary N) is 1. The fourth-order valence-electron chi connectivity index (χ4n) is 1.68. The van der Waals surface area contributed by atoms with Gasteiger partial charge in [0.25, 0.3) is 0 Å². The molecule has 0 amide bonds.